The van der Waals surface area contributed by atoms with E-state index in [1.807, 2.05) is 0 Å². The first-order valence-electron chi connectivity index (χ1n) is 11.8. The van der Waals surface area contributed by atoms with Gasteiger partial charge < -0.3 is 19.7 Å². The minimum atomic E-state index is -3.60. The first-order chi connectivity index (χ1) is 17.9. The molecule has 0 aliphatic carbocycles. The van der Waals surface area contributed by atoms with Gasteiger partial charge in [-0.15, -0.1) is 5.10 Å². The molecule has 1 aromatic carbocycles. The summed E-state index contributed by atoms with van der Waals surface area (Å²) in [6.07, 6.45) is 2.52. The summed E-state index contributed by atoms with van der Waals surface area (Å²) in [5.74, 6) is -0.779. The average molecular weight is 527 g/mol. The van der Waals surface area contributed by atoms with E-state index in [1.54, 1.807) is 41.2 Å². The van der Waals surface area contributed by atoms with Crippen molar-refractivity contribution in [3.63, 3.8) is 0 Å². The largest absolute Gasteiger partial charge is 0.489 e. The van der Waals surface area contributed by atoms with E-state index in [9.17, 15) is 18.0 Å². The first-order valence-corrected chi connectivity index (χ1v) is 13.5. The molecular formula is C24H26N6O6S. The number of rotatable bonds is 4. The predicted octanol–water partition coefficient (Wildman–Crippen LogP) is 0.456. The lowest BCUT2D eigenvalue weighted by molar-refractivity contribution is -0.130. The normalized spacial score (nSPS) is 20.2. The van der Waals surface area contributed by atoms with Gasteiger partial charge >= 0.3 is 0 Å². The van der Waals surface area contributed by atoms with Crippen LogP contribution in [0.25, 0.3) is 0 Å². The molecule has 37 heavy (non-hydrogen) atoms. The summed E-state index contributed by atoms with van der Waals surface area (Å²) in [5.41, 5.74) is 0.722. The number of amides is 2. The minimum absolute atomic E-state index is 0.122. The number of nitrogens with one attached hydrogen (secondary N) is 1. The van der Waals surface area contributed by atoms with Crippen LogP contribution < -0.4 is 10.1 Å². The second kappa shape index (κ2) is 10.6. The van der Waals surface area contributed by atoms with Crippen LogP contribution in [-0.4, -0.2) is 82.7 Å². The van der Waals surface area contributed by atoms with Crippen LogP contribution in [0, 0.1) is 0 Å². The van der Waals surface area contributed by atoms with E-state index in [2.05, 4.69) is 20.6 Å². The number of carbonyl (C=O) groups is 2. The van der Waals surface area contributed by atoms with Crippen LogP contribution in [0.5, 0.6) is 5.75 Å². The number of nitrogens with zero attached hydrogens (tertiary/aromatic N) is 5. The smallest absolute Gasteiger partial charge is 0.274 e. The van der Waals surface area contributed by atoms with Gasteiger partial charge in [-0.3, -0.25) is 9.59 Å². The number of ether oxygens (including phenoxy) is 2. The van der Waals surface area contributed by atoms with Crippen molar-refractivity contribution >= 4 is 21.7 Å². The van der Waals surface area contributed by atoms with Crippen LogP contribution in [0.2, 0.25) is 0 Å². The van der Waals surface area contributed by atoms with Crippen LogP contribution in [0.4, 0.5) is 0 Å². The molecule has 2 aliphatic rings. The molecule has 1 saturated heterocycles. The molecule has 3 aromatic rings. The van der Waals surface area contributed by atoms with Crippen molar-refractivity contribution in [3.05, 3.63) is 66.2 Å². The Hall–Kier alpha value is -3.84. The number of carbonyl (C=O) groups excluding carboxylic acids is 2. The van der Waals surface area contributed by atoms with Crippen LogP contribution in [0.3, 0.4) is 0 Å². The molecule has 2 bridgehead atoms. The molecule has 4 heterocycles. The van der Waals surface area contributed by atoms with Crippen molar-refractivity contribution in [3.8, 4) is 5.75 Å². The van der Waals surface area contributed by atoms with Gasteiger partial charge in [-0.1, -0.05) is 23.4 Å². The molecule has 0 unspecified atom stereocenters. The van der Waals surface area contributed by atoms with Gasteiger partial charge in [0, 0.05) is 25.7 Å². The van der Waals surface area contributed by atoms with Crippen molar-refractivity contribution in [2.45, 2.75) is 36.6 Å². The van der Waals surface area contributed by atoms with E-state index in [4.69, 9.17) is 9.47 Å². The topological polar surface area (TPSA) is 146 Å². The number of benzene rings is 1. The van der Waals surface area contributed by atoms with Crippen LogP contribution in [0.15, 0.2) is 59.8 Å². The van der Waals surface area contributed by atoms with Gasteiger partial charge in [-0.25, -0.2) is 18.1 Å². The molecule has 2 aromatic heterocycles. The lowest BCUT2D eigenvalue weighted by Gasteiger charge is -2.20. The lowest BCUT2D eigenvalue weighted by atomic mass is 10.2. The fourth-order valence-electron chi connectivity index (χ4n) is 4.28. The predicted molar refractivity (Wildman–Crippen MR) is 129 cm³/mol. The van der Waals surface area contributed by atoms with Crippen LogP contribution >= 0.6 is 0 Å². The second-order valence-electron chi connectivity index (χ2n) is 8.78. The molecule has 5 rings (SSSR count). The van der Waals surface area contributed by atoms with Gasteiger partial charge in [0.15, 0.2) is 21.3 Å². The van der Waals surface area contributed by atoms with Crippen molar-refractivity contribution in [1.82, 2.24) is 30.2 Å². The minimum Gasteiger partial charge on any atom is -0.489 e. The van der Waals surface area contributed by atoms with Crippen molar-refractivity contribution in [2.24, 2.45) is 0 Å². The summed E-state index contributed by atoms with van der Waals surface area (Å²) in [7, 11) is -3.60. The van der Waals surface area contributed by atoms with E-state index in [-0.39, 0.29) is 55.0 Å². The maximum Gasteiger partial charge on any atom is 0.274 e. The number of hydrogen-bond acceptors (Lipinski definition) is 9. The first kappa shape index (κ1) is 24.8. The summed E-state index contributed by atoms with van der Waals surface area (Å²) in [6.45, 7) is 1.17. The lowest BCUT2D eigenvalue weighted by Crippen LogP contribution is -2.44. The van der Waals surface area contributed by atoms with Crippen molar-refractivity contribution < 1.29 is 27.5 Å². The Morgan fingerprint density at radius 1 is 1.14 bits per heavy atom. The van der Waals surface area contributed by atoms with Crippen LogP contribution in [0.1, 0.15) is 22.6 Å². The molecule has 0 radical (unpaired) electrons. The third kappa shape index (κ3) is 5.78. The Labute approximate surface area is 213 Å². The van der Waals surface area contributed by atoms with Crippen molar-refractivity contribution in [1.29, 1.82) is 0 Å². The summed E-state index contributed by atoms with van der Waals surface area (Å²) < 4.78 is 38.7. The Kier molecular flexibility index (Phi) is 7.15. The fourth-order valence-corrected chi connectivity index (χ4v) is 5.53. The molecule has 13 heteroatoms. The van der Waals surface area contributed by atoms with Crippen LogP contribution in [-0.2, 0) is 32.5 Å². The molecule has 194 valence electrons. The summed E-state index contributed by atoms with van der Waals surface area (Å²) in [5, 5.41) is 11.1. The van der Waals surface area contributed by atoms with E-state index < -0.39 is 27.9 Å². The highest BCUT2D eigenvalue weighted by atomic mass is 32.2. The Bertz CT molecular complexity index is 1380. The van der Waals surface area contributed by atoms with E-state index in [0.29, 0.717) is 18.0 Å². The SMILES string of the molecule is O=C1N[C@H]2CN(C(=O)CCS(=O)(=O)c3ccccc3)C[C@@H]2OCc2cn(nn2)CCOc2cccnc21. The quantitative estimate of drug-likeness (QED) is 0.512. The molecule has 1 fully saturated rings. The molecule has 2 aliphatic heterocycles. The standard InChI is InChI=1S/C24H26N6O6S/c31-22(8-12-37(33,34)18-5-2-1-3-6-18)29-14-19-21(15-29)36-16-17-13-30(28-27-17)10-11-35-20-7-4-9-25-23(20)24(32)26-19/h1-7,9,13,19,21H,8,10-12,14-16H2,(H,26,32)/t19-,21-/m0/s1. The Morgan fingerprint density at radius 2 is 1.97 bits per heavy atom. The molecule has 1 N–H and O–H groups in total. The number of hydrogen-bond donors (Lipinski definition) is 1. The summed E-state index contributed by atoms with van der Waals surface area (Å²) in [6, 6.07) is 10.8. The van der Waals surface area contributed by atoms with E-state index in [1.165, 1.54) is 23.2 Å². The van der Waals surface area contributed by atoms with E-state index >= 15 is 0 Å². The van der Waals surface area contributed by atoms with E-state index in [0.717, 1.165) is 0 Å². The van der Waals surface area contributed by atoms with Gasteiger partial charge in [0.1, 0.15) is 12.3 Å². The second-order valence-corrected chi connectivity index (χ2v) is 10.9. The monoisotopic (exact) mass is 526 g/mol. The number of likely N-dealkylation sites (tertiary alicyclic amines) is 1. The number of fused-ring (bicyclic) bond motifs is 4. The highest BCUT2D eigenvalue weighted by Gasteiger charge is 2.38. The molecule has 2 amide bonds. The molecule has 0 saturated carbocycles. The zero-order valence-corrected chi connectivity index (χ0v) is 20.7. The summed E-state index contributed by atoms with van der Waals surface area (Å²) >= 11 is 0. The summed E-state index contributed by atoms with van der Waals surface area (Å²) in [4.78, 5) is 32.0. The molecule has 2 atom stereocenters. The number of sulfone groups is 1. The maximum atomic E-state index is 13.1. The number of pyridine rings is 1. The third-order valence-electron chi connectivity index (χ3n) is 6.22. The fraction of sp³-hybridized carbons (Fsp3) is 0.375. The van der Waals surface area contributed by atoms with Gasteiger partial charge in [-0.2, -0.15) is 0 Å². The third-order valence-corrected chi connectivity index (χ3v) is 7.95. The Balaban J connectivity index is 1.32. The highest BCUT2D eigenvalue weighted by Crippen LogP contribution is 2.21. The van der Waals surface area contributed by atoms with Gasteiger partial charge in [-0.05, 0) is 24.3 Å². The molecular weight excluding hydrogens is 500 g/mol. The average Bonchev–Trinajstić information content (AvgIpc) is 3.53. The molecule has 0 spiro atoms. The Morgan fingerprint density at radius 3 is 2.81 bits per heavy atom. The van der Waals surface area contributed by atoms with Gasteiger partial charge in [0.2, 0.25) is 5.91 Å². The molecule has 12 nitrogen and oxygen atoms in total. The van der Waals surface area contributed by atoms with Gasteiger partial charge in [0.05, 0.1) is 42.1 Å². The zero-order chi connectivity index (χ0) is 25.8. The van der Waals surface area contributed by atoms with Crippen molar-refractivity contribution in [2.75, 3.05) is 25.4 Å². The highest BCUT2D eigenvalue weighted by molar-refractivity contribution is 7.91. The maximum absolute atomic E-state index is 13.1. The zero-order valence-electron chi connectivity index (χ0n) is 19.9. The number of aromatic nitrogens is 4. The van der Waals surface area contributed by atoms with Gasteiger partial charge in [0.25, 0.3) is 5.91 Å².